The average Bonchev–Trinajstić information content (AvgIpc) is 2.55. The van der Waals surface area contributed by atoms with E-state index in [1.807, 2.05) is 6.92 Å². The number of nitrogens with one attached hydrogen (secondary N) is 1. The molecule has 1 aliphatic rings. The topological polar surface area (TPSA) is 64.4 Å². The van der Waals surface area contributed by atoms with Crippen LogP contribution in [0, 0.1) is 5.92 Å². The fraction of sp³-hybridized carbons (Fsp3) is 0.875. The third-order valence-corrected chi connectivity index (χ3v) is 2.08. The van der Waals surface area contributed by atoms with Crippen molar-refractivity contribution in [1.29, 1.82) is 0 Å². The van der Waals surface area contributed by atoms with Crippen molar-refractivity contribution in [2.75, 3.05) is 19.8 Å². The van der Waals surface area contributed by atoms with Crippen molar-refractivity contribution in [3.05, 3.63) is 0 Å². The van der Waals surface area contributed by atoms with Gasteiger partial charge in [0.15, 0.2) is 0 Å². The van der Waals surface area contributed by atoms with E-state index in [-0.39, 0.29) is 17.9 Å². The molecule has 70 valence electrons. The van der Waals surface area contributed by atoms with Gasteiger partial charge in [-0.1, -0.05) is 6.92 Å². The lowest BCUT2D eigenvalue weighted by molar-refractivity contribution is -0.124. The van der Waals surface area contributed by atoms with E-state index in [2.05, 4.69) is 5.32 Å². The molecule has 0 radical (unpaired) electrons. The molecule has 1 rings (SSSR count). The largest absolute Gasteiger partial charge is 0.379 e. The zero-order valence-electron chi connectivity index (χ0n) is 7.38. The van der Waals surface area contributed by atoms with Crippen LogP contribution in [0.5, 0.6) is 0 Å². The van der Waals surface area contributed by atoms with Gasteiger partial charge in [0.1, 0.15) is 0 Å². The van der Waals surface area contributed by atoms with Gasteiger partial charge in [0, 0.05) is 19.1 Å². The summed E-state index contributed by atoms with van der Waals surface area (Å²) in [5.74, 6) is -0.0569. The van der Waals surface area contributed by atoms with E-state index in [0.717, 1.165) is 13.0 Å². The SMILES string of the molecule is CC(CN)C(=O)NC1CCOC1. The normalized spacial score (nSPS) is 25.3. The number of hydrogen-bond acceptors (Lipinski definition) is 3. The highest BCUT2D eigenvalue weighted by atomic mass is 16.5. The molecule has 3 N–H and O–H groups in total. The Balaban J connectivity index is 2.25. The van der Waals surface area contributed by atoms with Crippen molar-refractivity contribution >= 4 is 5.91 Å². The molecule has 0 spiro atoms. The maximum absolute atomic E-state index is 11.3. The summed E-state index contributed by atoms with van der Waals surface area (Å²) in [5, 5.41) is 2.89. The van der Waals surface area contributed by atoms with Gasteiger partial charge in [-0.05, 0) is 6.42 Å². The Labute approximate surface area is 72.5 Å². The van der Waals surface area contributed by atoms with Crippen LogP contribution in [0.4, 0.5) is 0 Å². The number of hydrogen-bond donors (Lipinski definition) is 2. The lowest BCUT2D eigenvalue weighted by atomic mass is 10.1. The molecule has 4 heteroatoms. The number of carbonyl (C=O) groups is 1. The van der Waals surface area contributed by atoms with Gasteiger partial charge in [-0.15, -0.1) is 0 Å². The van der Waals surface area contributed by atoms with Gasteiger partial charge in [0.2, 0.25) is 5.91 Å². The summed E-state index contributed by atoms with van der Waals surface area (Å²) in [6.45, 7) is 3.62. The molecule has 4 nitrogen and oxygen atoms in total. The van der Waals surface area contributed by atoms with Gasteiger partial charge in [-0.3, -0.25) is 4.79 Å². The summed E-state index contributed by atoms with van der Waals surface area (Å²) < 4.78 is 5.13. The summed E-state index contributed by atoms with van der Waals surface area (Å²) in [7, 11) is 0. The predicted octanol–water partition coefficient (Wildman–Crippen LogP) is -0.514. The number of nitrogens with two attached hydrogens (primary N) is 1. The Bertz CT molecular complexity index is 155. The summed E-state index contributed by atoms with van der Waals surface area (Å²) in [4.78, 5) is 11.3. The van der Waals surface area contributed by atoms with Crippen molar-refractivity contribution < 1.29 is 9.53 Å². The first-order valence-corrected chi connectivity index (χ1v) is 4.32. The fourth-order valence-corrected chi connectivity index (χ4v) is 1.10. The van der Waals surface area contributed by atoms with E-state index in [9.17, 15) is 4.79 Å². The van der Waals surface area contributed by atoms with Crippen LogP contribution in [0.25, 0.3) is 0 Å². The Kier molecular flexibility index (Phi) is 3.49. The zero-order valence-corrected chi connectivity index (χ0v) is 7.38. The number of rotatable bonds is 3. The summed E-state index contributed by atoms with van der Waals surface area (Å²) >= 11 is 0. The standard InChI is InChI=1S/C8H16N2O2/c1-6(4-9)8(11)10-7-2-3-12-5-7/h6-7H,2-5,9H2,1H3,(H,10,11). The zero-order chi connectivity index (χ0) is 8.97. The lowest BCUT2D eigenvalue weighted by Crippen LogP contribution is -2.40. The van der Waals surface area contributed by atoms with Crippen molar-refractivity contribution in [3.63, 3.8) is 0 Å². The van der Waals surface area contributed by atoms with Crippen LogP contribution in [0.1, 0.15) is 13.3 Å². The van der Waals surface area contributed by atoms with Crippen molar-refractivity contribution in [2.45, 2.75) is 19.4 Å². The lowest BCUT2D eigenvalue weighted by Gasteiger charge is -2.13. The molecule has 0 aliphatic carbocycles. The fourth-order valence-electron chi connectivity index (χ4n) is 1.10. The molecule has 1 aliphatic heterocycles. The first kappa shape index (κ1) is 9.48. The molecule has 2 atom stereocenters. The molecule has 1 amide bonds. The number of ether oxygens (including phenoxy) is 1. The van der Waals surface area contributed by atoms with E-state index < -0.39 is 0 Å². The first-order valence-electron chi connectivity index (χ1n) is 4.32. The second-order valence-corrected chi connectivity index (χ2v) is 3.21. The second kappa shape index (κ2) is 4.42. The van der Waals surface area contributed by atoms with Crippen LogP contribution in [0.2, 0.25) is 0 Å². The van der Waals surface area contributed by atoms with Crippen LogP contribution in [-0.2, 0) is 9.53 Å². The molecule has 0 bridgehead atoms. The summed E-state index contributed by atoms with van der Waals surface area (Å²) in [5.41, 5.74) is 5.36. The molecule has 2 unspecified atom stereocenters. The average molecular weight is 172 g/mol. The van der Waals surface area contributed by atoms with Crippen LogP contribution < -0.4 is 11.1 Å². The van der Waals surface area contributed by atoms with Crippen LogP contribution in [-0.4, -0.2) is 31.7 Å². The summed E-state index contributed by atoms with van der Waals surface area (Å²) in [6, 6.07) is 0.200. The third-order valence-electron chi connectivity index (χ3n) is 2.08. The van der Waals surface area contributed by atoms with Crippen molar-refractivity contribution in [3.8, 4) is 0 Å². The van der Waals surface area contributed by atoms with Crippen LogP contribution >= 0.6 is 0 Å². The number of carbonyl (C=O) groups excluding carboxylic acids is 1. The Hall–Kier alpha value is -0.610. The highest BCUT2D eigenvalue weighted by Crippen LogP contribution is 2.04. The van der Waals surface area contributed by atoms with E-state index >= 15 is 0 Å². The van der Waals surface area contributed by atoms with Gasteiger partial charge in [-0.25, -0.2) is 0 Å². The van der Waals surface area contributed by atoms with Crippen LogP contribution in [0.15, 0.2) is 0 Å². The van der Waals surface area contributed by atoms with Crippen molar-refractivity contribution in [1.82, 2.24) is 5.32 Å². The predicted molar refractivity (Wildman–Crippen MR) is 45.6 cm³/mol. The molecule has 0 aromatic carbocycles. The third kappa shape index (κ3) is 2.46. The molecule has 0 aromatic rings. The quantitative estimate of drug-likeness (QED) is 0.602. The Morgan fingerprint density at radius 3 is 3.08 bits per heavy atom. The molecule has 1 heterocycles. The first-order chi connectivity index (χ1) is 5.74. The molecule has 1 fully saturated rings. The minimum Gasteiger partial charge on any atom is -0.379 e. The van der Waals surface area contributed by atoms with Gasteiger partial charge >= 0.3 is 0 Å². The molecular weight excluding hydrogens is 156 g/mol. The Morgan fingerprint density at radius 1 is 1.83 bits per heavy atom. The van der Waals surface area contributed by atoms with Gasteiger partial charge in [-0.2, -0.15) is 0 Å². The summed E-state index contributed by atoms with van der Waals surface area (Å²) in [6.07, 6.45) is 0.920. The minimum absolute atomic E-state index is 0.0352. The smallest absolute Gasteiger partial charge is 0.224 e. The molecular formula is C8H16N2O2. The van der Waals surface area contributed by atoms with Gasteiger partial charge < -0.3 is 15.8 Å². The maximum Gasteiger partial charge on any atom is 0.224 e. The van der Waals surface area contributed by atoms with E-state index in [0.29, 0.717) is 13.2 Å². The second-order valence-electron chi connectivity index (χ2n) is 3.21. The van der Waals surface area contributed by atoms with Gasteiger partial charge in [0.05, 0.1) is 12.6 Å². The molecule has 0 saturated carbocycles. The number of amides is 1. The van der Waals surface area contributed by atoms with E-state index in [1.54, 1.807) is 0 Å². The molecule has 1 saturated heterocycles. The van der Waals surface area contributed by atoms with Gasteiger partial charge in [0.25, 0.3) is 0 Å². The van der Waals surface area contributed by atoms with Crippen molar-refractivity contribution in [2.24, 2.45) is 11.7 Å². The minimum atomic E-state index is -0.0920. The Morgan fingerprint density at radius 2 is 2.58 bits per heavy atom. The van der Waals surface area contributed by atoms with Crippen LogP contribution in [0.3, 0.4) is 0 Å². The van der Waals surface area contributed by atoms with E-state index in [4.69, 9.17) is 10.5 Å². The maximum atomic E-state index is 11.3. The highest BCUT2D eigenvalue weighted by Gasteiger charge is 2.19. The molecule has 12 heavy (non-hydrogen) atoms. The highest BCUT2D eigenvalue weighted by molar-refractivity contribution is 5.78. The molecule has 0 aromatic heterocycles. The monoisotopic (exact) mass is 172 g/mol. The van der Waals surface area contributed by atoms with E-state index in [1.165, 1.54) is 0 Å².